The molecule has 0 spiro atoms. The minimum absolute atomic E-state index is 0.0871. The minimum Gasteiger partial charge on any atom is -0.488 e. The van der Waals surface area contributed by atoms with Crippen molar-refractivity contribution in [2.45, 2.75) is 6.61 Å². The molecule has 0 aliphatic carbocycles. The molecule has 1 amide bonds. The molecule has 0 aromatic heterocycles. The number of carboxylic acid groups (broad SMARTS) is 1. The second kappa shape index (κ2) is 9.68. The third-order valence-electron chi connectivity index (χ3n) is 4.64. The second-order valence-electron chi connectivity index (χ2n) is 6.83. The molecule has 5 nitrogen and oxygen atoms in total. The number of thiocarbonyl (C=S) groups is 1. The van der Waals surface area contributed by atoms with Crippen LogP contribution in [0.5, 0.6) is 5.75 Å². The van der Waals surface area contributed by atoms with Gasteiger partial charge in [-0.05, 0) is 48.0 Å². The van der Waals surface area contributed by atoms with Crippen LogP contribution in [0.3, 0.4) is 0 Å². The van der Waals surface area contributed by atoms with Crippen LogP contribution < -0.4 is 9.64 Å². The Morgan fingerprint density at radius 3 is 2.62 bits per heavy atom. The molecule has 1 heterocycles. The summed E-state index contributed by atoms with van der Waals surface area (Å²) in [7, 11) is 0. The molecule has 0 radical (unpaired) electrons. The normalized spacial score (nSPS) is 14.8. The van der Waals surface area contributed by atoms with Crippen LogP contribution in [0.15, 0.2) is 82.2 Å². The summed E-state index contributed by atoms with van der Waals surface area (Å²) in [6, 6.07) is 21.6. The lowest BCUT2D eigenvalue weighted by Crippen LogP contribution is -2.27. The number of halogens is 1. The molecule has 0 atom stereocenters. The van der Waals surface area contributed by atoms with Gasteiger partial charge in [0.05, 0.1) is 16.2 Å². The molecule has 3 aromatic carbocycles. The number of hydrogen-bond acceptors (Lipinski definition) is 5. The van der Waals surface area contributed by atoms with Crippen molar-refractivity contribution in [3.05, 3.63) is 98.9 Å². The number of hydrogen-bond donors (Lipinski definition) is 1. The molecule has 4 rings (SSSR count). The van der Waals surface area contributed by atoms with E-state index in [1.165, 1.54) is 28.8 Å². The highest BCUT2D eigenvalue weighted by molar-refractivity contribution is 9.10. The van der Waals surface area contributed by atoms with E-state index >= 15 is 0 Å². The van der Waals surface area contributed by atoms with Crippen LogP contribution in [0.4, 0.5) is 5.69 Å². The highest BCUT2D eigenvalue weighted by Gasteiger charge is 2.33. The van der Waals surface area contributed by atoms with Gasteiger partial charge >= 0.3 is 5.97 Å². The van der Waals surface area contributed by atoms with Gasteiger partial charge in [-0.15, -0.1) is 0 Å². The number of anilines is 1. The third-order valence-corrected chi connectivity index (χ3v) is 6.44. The number of benzene rings is 3. The van der Waals surface area contributed by atoms with E-state index in [0.717, 1.165) is 15.6 Å². The smallest absolute Gasteiger partial charge is 0.335 e. The highest BCUT2D eigenvalue weighted by Crippen LogP contribution is 2.38. The molecule has 160 valence electrons. The van der Waals surface area contributed by atoms with E-state index in [1.807, 2.05) is 48.5 Å². The van der Waals surface area contributed by atoms with Gasteiger partial charge in [0.25, 0.3) is 5.91 Å². The summed E-state index contributed by atoms with van der Waals surface area (Å²) in [5, 5.41) is 9.25. The van der Waals surface area contributed by atoms with Crippen molar-refractivity contribution in [1.29, 1.82) is 0 Å². The van der Waals surface area contributed by atoms with Gasteiger partial charge in [-0.2, -0.15) is 0 Å². The zero-order valence-electron chi connectivity index (χ0n) is 16.5. The highest BCUT2D eigenvalue weighted by atomic mass is 79.9. The Hall–Kier alpha value is -2.94. The standard InChI is InChI=1S/C24H16BrNO4S2/c25-18-9-10-20(30-14-15-5-2-1-3-6-15)17(11-18)13-21-22(27)26(24(31)32-21)19-8-4-7-16(12-19)23(28)29/h1-13H,14H2,(H,28,29)/b21-13-. The second-order valence-corrected chi connectivity index (χ2v) is 9.42. The largest absolute Gasteiger partial charge is 0.488 e. The van der Waals surface area contributed by atoms with Crippen LogP contribution in [-0.2, 0) is 11.4 Å². The quantitative estimate of drug-likeness (QED) is 0.308. The predicted octanol–water partition coefficient (Wildman–Crippen LogP) is 6.13. The van der Waals surface area contributed by atoms with Crippen LogP contribution in [0, 0.1) is 0 Å². The van der Waals surface area contributed by atoms with Gasteiger partial charge in [-0.3, -0.25) is 9.69 Å². The zero-order chi connectivity index (χ0) is 22.7. The fourth-order valence-corrected chi connectivity index (χ4v) is 4.78. The third kappa shape index (κ3) is 4.93. The Kier molecular flexibility index (Phi) is 6.74. The van der Waals surface area contributed by atoms with E-state index in [2.05, 4.69) is 15.9 Å². The van der Waals surface area contributed by atoms with Crippen molar-refractivity contribution in [3.63, 3.8) is 0 Å². The lowest BCUT2D eigenvalue weighted by molar-refractivity contribution is -0.113. The Balaban J connectivity index is 1.62. The van der Waals surface area contributed by atoms with E-state index in [1.54, 1.807) is 18.2 Å². The van der Waals surface area contributed by atoms with Gasteiger partial charge in [0, 0.05) is 10.0 Å². The lowest BCUT2D eigenvalue weighted by atomic mass is 10.1. The molecule has 1 saturated heterocycles. The maximum atomic E-state index is 13.1. The number of ether oxygens (including phenoxy) is 1. The molecule has 3 aromatic rings. The first-order valence-corrected chi connectivity index (χ1v) is 11.5. The summed E-state index contributed by atoms with van der Waals surface area (Å²) in [6.07, 6.45) is 1.74. The number of rotatable bonds is 6. The van der Waals surface area contributed by atoms with Gasteiger partial charge in [0.2, 0.25) is 0 Å². The minimum atomic E-state index is -1.07. The number of aromatic carboxylic acids is 1. The van der Waals surface area contributed by atoms with Crippen LogP contribution in [0.1, 0.15) is 21.5 Å². The van der Waals surface area contributed by atoms with Crippen LogP contribution in [0.2, 0.25) is 0 Å². The molecule has 1 fully saturated rings. The van der Waals surface area contributed by atoms with E-state index in [-0.39, 0.29) is 11.5 Å². The van der Waals surface area contributed by atoms with E-state index in [0.29, 0.717) is 27.3 Å². The zero-order valence-corrected chi connectivity index (χ0v) is 19.7. The number of carbonyl (C=O) groups is 2. The van der Waals surface area contributed by atoms with Gasteiger partial charge < -0.3 is 9.84 Å². The molecule has 1 aliphatic heterocycles. The van der Waals surface area contributed by atoms with Crippen molar-refractivity contribution in [2.24, 2.45) is 0 Å². The molecule has 0 saturated carbocycles. The van der Waals surface area contributed by atoms with Gasteiger partial charge in [-0.25, -0.2) is 4.79 Å². The number of amides is 1. The molecule has 8 heteroatoms. The number of carbonyl (C=O) groups excluding carboxylic acids is 1. The summed E-state index contributed by atoms with van der Waals surface area (Å²) in [5.41, 5.74) is 2.27. The summed E-state index contributed by atoms with van der Waals surface area (Å²) >= 11 is 10.1. The van der Waals surface area contributed by atoms with Crippen LogP contribution in [0.25, 0.3) is 6.08 Å². The van der Waals surface area contributed by atoms with Gasteiger partial charge in [-0.1, -0.05) is 76.3 Å². The van der Waals surface area contributed by atoms with Crippen molar-refractivity contribution >= 4 is 67.9 Å². The summed E-state index contributed by atoms with van der Waals surface area (Å²) < 4.78 is 7.19. The van der Waals surface area contributed by atoms with Crippen molar-refractivity contribution < 1.29 is 19.4 Å². The van der Waals surface area contributed by atoms with Crippen molar-refractivity contribution in [1.82, 2.24) is 0 Å². The molecule has 32 heavy (non-hydrogen) atoms. The summed E-state index contributed by atoms with van der Waals surface area (Å²) in [5.74, 6) is -0.742. The van der Waals surface area contributed by atoms with Crippen molar-refractivity contribution in [2.75, 3.05) is 4.90 Å². The number of carboxylic acids is 1. The van der Waals surface area contributed by atoms with E-state index < -0.39 is 5.97 Å². The maximum Gasteiger partial charge on any atom is 0.335 e. The Morgan fingerprint density at radius 1 is 1.09 bits per heavy atom. The van der Waals surface area contributed by atoms with Crippen molar-refractivity contribution in [3.8, 4) is 5.75 Å². The first-order chi connectivity index (χ1) is 15.4. The van der Waals surface area contributed by atoms with E-state index in [4.69, 9.17) is 17.0 Å². The van der Waals surface area contributed by atoms with Crippen LogP contribution >= 0.6 is 39.9 Å². The first kappa shape index (κ1) is 22.3. The Labute approximate surface area is 202 Å². The Bertz CT molecular complexity index is 1240. The first-order valence-electron chi connectivity index (χ1n) is 9.50. The average Bonchev–Trinajstić information content (AvgIpc) is 3.06. The van der Waals surface area contributed by atoms with Gasteiger partial charge in [0.1, 0.15) is 12.4 Å². The molecule has 0 unspecified atom stereocenters. The molecule has 1 aliphatic rings. The Morgan fingerprint density at radius 2 is 1.88 bits per heavy atom. The van der Waals surface area contributed by atoms with Crippen LogP contribution in [-0.4, -0.2) is 21.3 Å². The molecule has 0 bridgehead atoms. The molecular weight excluding hydrogens is 510 g/mol. The fourth-order valence-electron chi connectivity index (χ4n) is 3.11. The van der Waals surface area contributed by atoms with Gasteiger partial charge in [0.15, 0.2) is 4.32 Å². The maximum absolute atomic E-state index is 13.1. The SMILES string of the molecule is O=C(O)c1cccc(N2C(=O)/C(=C/c3cc(Br)ccc3OCc3ccccc3)SC2=S)c1. The fraction of sp³-hybridized carbons (Fsp3) is 0.0417. The monoisotopic (exact) mass is 525 g/mol. The summed E-state index contributed by atoms with van der Waals surface area (Å²) in [4.78, 5) is 26.2. The topological polar surface area (TPSA) is 66.8 Å². The molecule has 1 N–H and O–H groups in total. The summed E-state index contributed by atoms with van der Waals surface area (Å²) in [6.45, 7) is 0.395. The number of thioether (sulfide) groups is 1. The lowest BCUT2D eigenvalue weighted by Gasteiger charge is -2.15. The average molecular weight is 526 g/mol. The van der Waals surface area contributed by atoms with E-state index in [9.17, 15) is 14.7 Å². The predicted molar refractivity (Wildman–Crippen MR) is 134 cm³/mol. The molecular formula is C24H16BrNO4S2. The number of nitrogens with zero attached hydrogens (tertiary/aromatic N) is 1.